The molecule has 2 saturated heterocycles. The van der Waals surface area contributed by atoms with Crippen molar-refractivity contribution in [2.24, 2.45) is 0 Å². The molecule has 0 saturated carbocycles. The van der Waals surface area contributed by atoms with Crippen LogP contribution in [0.4, 0.5) is 18.3 Å². The molecule has 4 rings (SSSR count). The van der Waals surface area contributed by atoms with Gasteiger partial charge < -0.3 is 4.90 Å². The largest absolute Gasteiger partial charge is 0.434 e. The number of aromatic nitrogens is 2. The molecule has 0 radical (unpaired) electrons. The Kier molecular flexibility index (Phi) is 3.53. The first-order chi connectivity index (χ1) is 11.0. The predicted molar refractivity (Wildman–Crippen MR) is 81.3 cm³/mol. The SMILES string of the molecule is FC(F)(F)c1csc(N2CC3CC2CN3Cc2ccccn2)n1. The summed E-state index contributed by atoms with van der Waals surface area (Å²) in [6.45, 7) is 2.38. The van der Waals surface area contributed by atoms with Crippen LogP contribution < -0.4 is 4.90 Å². The number of fused-ring (bicyclic) bond motifs is 2. The van der Waals surface area contributed by atoms with E-state index in [-0.39, 0.29) is 6.04 Å². The van der Waals surface area contributed by atoms with Crippen LogP contribution in [0.1, 0.15) is 17.8 Å². The number of thiazole rings is 1. The molecule has 2 fully saturated rings. The highest BCUT2D eigenvalue weighted by molar-refractivity contribution is 7.13. The van der Waals surface area contributed by atoms with Crippen molar-refractivity contribution in [3.63, 3.8) is 0 Å². The Bertz CT molecular complexity index is 688. The first kappa shape index (κ1) is 14.9. The average Bonchev–Trinajstić information content (AvgIpc) is 3.22. The Hall–Kier alpha value is -1.67. The summed E-state index contributed by atoms with van der Waals surface area (Å²) >= 11 is 1.08. The second-order valence-electron chi connectivity index (χ2n) is 5.96. The summed E-state index contributed by atoms with van der Waals surface area (Å²) in [5.41, 5.74) is 0.242. The highest BCUT2D eigenvalue weighted by atomic mass is 32.1. The van der Waals surface area contributed by atoms with Crippen molar-refractivity contribution in [2.45, 2.75) is 31.2 Å². The standard InChI is InChI=1S/C15H15F3N4S/c16-15(17,18)13-9-23-14(20-13)22-8-11-5-12(22)7-21(11)6-10-3-1-2-4-19-10/h1-4,9,11-12H,5-8H2. The third kappa shape index (κ3) is 2.81. The first-order valence-electron chi connectivity index (χ1n) is 7.44. The Balaban J connectivity index is 1.44. The molecule has 0 spiro atoms. The molecule has 2 aliphatic heterocycles. The maximum atomic E-state index is 12.7. The van der Waals surface area contributed by atoms with Gasteiger partial charge in [-0.05, 0) is 18.6 Å². The van der Waals surface area contributed by atoms with Gasteiger partial charge in [-0.25, -0.2) is 4.98 Å². The fourth-order valence-corrected chi connectivity index (χ4v) is 4.32. The van der Waals surface area contributed by atoms with E-state index < -0.39 is 11.9 Å². The van der Waals surface area contributed by atoms with Gasteiger partial charge in [-0.3, -0.25) is 9.88 Å². The van der Waals surface area contributed by atoms with Crippen molar-refractivity contribution in [2.75, 3.05) is 18.0 Å². The number of alkyl halides is 3. The van der Waals surface area contributed by atoms with Crippen molar-refractivity contribution in [3.8, 4) is 0 Å². The molecule has 2 unspecified atom stereocenters. The first-order valence-corrected chi connectivity index (χ1v) is 8.32. The van der Waals surface area contributed by atoms with E-state index in [1.807, 2.05) is 23.1 Å². The molecule has 2 bridgehead atoms. The van der Waals surface area contributed by atoms with Gasteiger partial charge in [0.1, 0.15) is 0 Å². The summed E-state index contributed by atoms with van der Waals surface area (Å²) in [7, 11) is 0. The van der Waals surface area contributed by atoms with Crippen LogP contribution in [0.2, 0.25) is 0 Å². The zero-order chi connectivity index (χ0) is 16.0. The van der Waals surface area contributed by atoms with Gasteiger partial charge in [-0.2, -0.15) is 13.2 Å². The summed E-state index contributed by atoms with van der Waals surface area (Å²) in [6, 6.07) is 6.47. The lowest BCUT2D eigenvalue weighted by Crippen LogP contribution is -2.46. The van der Waals surface area contributed by atoms with Crippen molar-refractivity contribution in [1.29, 1.82) is 0 Å². The van der Waals surface area contributed by atoms with Crippen molar-refractivity contribution < 1.29 is 13.2 Å². The van der Waals surface area contributed by atoms with Gasteiger partial charge in [-0.1, -0.05) is 6.07 Å². The smallest absolute Gasteiger partial charge is 0.342 e. The maximum Gasteiger partial charge on any atom is 0.434 e. The van der Waals surface area contributed by atoms with Crippen molar-refractivity contribution >= 4 is 16.5 Å². The molecule has 0 aromatic carbocycles. The van der Waals surface area contributed by atoms with E-state index in [0.29, 0.717) is 11.2 Å². The molecule has 23 heavy (non-hydrogen) atoms. The van der Waals surface area contributed by atoms with Gasteiger partial charge >= 0.3 is 6.18 Å². The minimum Gasteiger partial charge on any atom is -0.342 e. The lowest BCUT2D eigenvalue weighted by atomic mass is 10.2. The molecule has 4 heterocycles. The van der Waals surface area contributed by atoms with Gasteiger partial charge in [0.05, 0.1) is 5.69 Å². The number of rotatable bonds is 3. The molecule has 2 aromatic heterocycles. The molecule has 0 aliphatic carbocycles. The molecular formula is C15H15F3N4S. The number of hydrogen-bond acceptors (Lipinski definition) is 5. The van der Waals surface area contributed by atoms with Crippen LogP contribution >= 0.6 is 11.3 Å². The summed E-state index contributed by atoms with van der Waals surface area (Å²) in [4.78, 5) is 12.5. The fraction of sp³-hybridized carbons (Fsp3) is 0.467. The maximum absolute atomic E-state index is 12.7. The van der Waals surface area contributed by atoms with E-state index in [0.717, 1.165) is 48.5 Å². The Morgan fingerprint density at radius 2 is 2.09 bits per heavy atom. The third-order valence-electron chi connectivity index (χ3n) is 4.47. The van der Waals surface area contributed by atoms with Crippen LogP contribution in [0, 0.1) is 0 Å². The van der Waals surface area contributed by atoms with E-state index in [9.17, 15) is 13.2 Å². The van der Waals surface area contributed by atoms with E-state index in [1.54, 1.807) is 6.20 Å². The normalized spacial score (nSPS) is 24.6. The number of pyridine rings is 1. The van der Waals surface area contributed by atoms with Crippen molar-refractivity contribution in [3.05, 3.63) is 41.2 Å². The number of hydrogen-bond donors (Lipinski definition) is 0. The quantitative estimate of drug-likeness (QED) is 0.860. The van der Waals surface area contributed by atoms with E-state index in [1.165, 1.54) is 0 Å². The minimum atomic E-state index is -4.36. The number of piperazine rings is 1. The number of nitrogens with zero attached hydrogens (tertiary/aromatic N) is 4. The summed E-state index contributed by atoms with van der Waals surface area (Å²) in [5.74, 6) is 0. The molecule has 0 amide bonds. The van der Waals surface area contributed by atoms with E-state index in [4.69, 9.17) is 0 Å². The van der Waals surface area contributed by atoms with Crippen LogP contribution in [-0.2, 0) is 12.7 Å². The molecule has 0 N–H and O–H groups in total. The zero-order valence-electron chi connectivity index (χ0n) is 12.2. The number of halogens is 3. The predicted octanol–water partition coefficient (Wildman–Crippen LogP) is 3.02. The highest BCUT2D eigenvalue weighted by Crippen LogP contribution is 2.39. The highest BCUT2D eigenvalue weighted by Gasteiger charge is 2.45. The van der Waals surface area contributed by atoms with Crippen molar-refractivity contribution in [1.82, 2.24) is 14.9 Å². The Labute approximate surface area is 135 Å². The lowest BCUT2D eigenvalue weighted by Gasteiger charge is -2.33. The van der Waals surface area contributed by atoms with Crippen LogP contribution in [0.15, 0.2) is 29.8 Å². The topological polar surface area (TPSA) is 32.3 Å². The fourth-order valence-electron chi connectivity index (χ4n) is 3.40. The van der Waals surface area contributed by atoms with Gasteiger partial charge in [0.2, 0.25) is 0 Å². The average molecular weight is 340 g/mol. The Morgan fingerprint density at radius 3 is 2.70 bits per heavy atom. The summed E-state index contributed by atoms with van der Waals surface area (Å²) in [5, 5.41) is 1.59. The third-order valence-corrected chi connectivity index (χ3v) is 5.35. The molecule has 4 nitrogen and oxygen atoms in total. The van der Waals surface area contributed by atoms with Gasteiger partial charge in [0.25, 0.3) is 0 Å². The number of anilines is 1. The monoisotopic (exact) mass is 340 g/mol. The van der Waals surface area contributed by atoms with Crippen LogP contribution in [-0.4, -0.2) is 40.0 Å². The molecule has 2 aliphatic rings. The van der Waals surface area contributed by atoms with Gasteiger partial charge in [0, 0.05) is 43.3 Å². The number of likely N-dealkylation sites (tertiary alicyclic amines) is 1. The van der Waals surface area contributed by atoms with Crippen LogP contribution in [0.3, 0.4) is 0 Å². The van der Waals surface area contributed by atoms with Crippen LogP contribution in [0.5, 0.6) is 0 Å². The molecule has 2 atom stereocenters. The summed E-state index contributed by atoms with van der Waals surface area (Å²) in [6.07, 6.45) is -1.60. The minimum absolute atomic E-state index is 0.246. The molecular weight excluding hydrogens is 325 g/mol. The van der Waals surface area contributed by atoms with E-state index in [2.05, 4.69) is 14.9 Å². The molecule has 2 aromatic rings. The zero-order valence-corrected chi connectivity index (χ0v) is 13.0. The van der Waals surface area contributed by atoms with Gasteiger partial charge in [0.15, 0.2) is 10.8 Å². The second-order valence-corrected chi connectivity index (χ2v) is 6.80. The van der Waals surface area contributed by atoms with E-state index >= 15 is 0 Å². The van der Waals surface area contributed by atoms with Crippen LogP contribution in [0.25, 0.3) is 0 Å². The summed E-state index contributed by atoms with van der Waals surface area (Å²) < 4.78 is 38.1. The Morgan fingerprint density at radius 1 is 1.22 bits per heavy atom. The molecule has 8 heteroatoms. The van der Waals surface area contributed by atoms with Gasteiger partial charge in [-0.15, -0.1) is 11.3 Å². The lowest BCUT2D eigenvalue weighted by molar-refractivity contribution is -0.140. The molecule has 122 valence electrons. The second kappa shape index (κ2) is 5.45.